The second-order valence-electron chi connectivity index (χ2n) is 9.71. The van der Waals surface area contributed by atoms with E-state index in [1.165, 1.54) is 0 Å². The van der Waals surface area contributed by atoms with Gasteiger partial charge < -0.3 is 19.7 Å². The number of alkyl halides is 3. The zero-order valence-corrected chi connectivity index (χ0v) is 21.7. The monoisotopic (exact) mass is 549 g/mol. The van der Waals surface area contributed by atoms with Crippen LogP contribution >= 0.6 is 11.6 Å². The highest BCUT2D eigenvalue weighted by molar-refractivity contribution is 6.34. The van der Waals surface area contributed by atoms with Gasteiger partial charge in [-0.05, 0) is 37.5 Å². The minimum atomic E-state index is -4.58. The lowest BCUT2D eigenvalue weighted by Gasteiger charge is -2.40. The summed E-state index contributed by atoms with van der Waals surface area (Å²) in [5.41, 5.74) is 1.97. The highest BCUT2D eigenvalue weighted by Crippen LogP contribution is 2.38. The highest BCUT2D eigenvalue weighted by atomic mass is 35.5. The lowest BCUT2D eigenvalue weighted by molar-refractivity contribution is -0.148. The summed E-state index contributed by atoms with van der Waals surface area (Å²) in [5.74, 6) is -1.46. The molecule has 0 radical (unpaired) electrons. The van der Waals surface area contributed by atoms with Crippen LogP contribution in [0.3, 0.4) is 0 Å². The SMILES string of the molecule is CCNC(=O)c1ccc2c(N3CC[C@H](C(=O)N4CCn5c(nnc5C(F)(F)F)C4)[C@H](C)C3)c(Cl)cnc2c1. The molecule has 9 nitrogen and oxygen atoms in total. The van der Waals surface area contributed by atoms with Gasteiger partial charge in [0.2, 0.25) is 11.7 Å². The van der Waals surface area contributed by atoms with Gasteiger partial charge in [-0.15, -0.1) is 10.2 Å². The van der Waals surface area contributed by atoms with E-state index >= 15 is 0 Å². The first kappa shape index (κ1) is 26.2. The molecule has 1 saturated heterocycles. The number of nitrogens with one attached hydrogen (secondary N) is 1. The normalized spacial score (nSPS) is 19.9. The van der Waals surface area contributed by atoms with Crippen molar-refractivity contribution in [1.29, 1.82) is 0 Å². The van der Waals surface area contributed by atoms with E-state index in [2.05, 4.69) is 25.4 Å². The molecule has 0 aliphatic carbocycles. The summed E-state index contributed by atoms with van der Waals surface area (Å²) in [6.07, 6.45) is -2.45. The molecule has 2 amide bonds. The molecule has 2 aromatic heterocycles. The maximum atomic E-state index is 13.4. The number of fused-ring (bicyclic) bond motifs is 2. The van der Waals surface area contributed by atoms with Crippen LogP contribution in [0.15, 0.2) is 24.4 Å². The first-order chi connectivity index (χ1) is 18.1. The molecular formula is C25H27ClF3N7O2. The molecule has 0 spiro atoms. The summed E-state index contributed by atoms with van der Waals surface area (Å²) in [6, 6.07) is 5.32. The molecule has 2 aliphatic rings. The van der Waals surface area contributed by atoms with Gasteiger partial charge in [0.25, 0.3) is 5.91 Å². The summed E-state index contributed by atoms with van der Waals surface area (Å²) >= 11 is 6.59. The molecule has 38 heavy (non-hydrogen) atoms. The summed E-state index contributed by atoms with van der Waals surface area (Å²) < 4.78 is 40.5. The summed E-state index contributed by atoms with van der Waals surface area (Å²) in [4.78, 5) is 33.8. The van der Waals surface area contributed by atoms with Crippen LogP contribution in [0.25, 0.3) is 10.9 Å². The molecule has 0 saturated carbocycles. The van der Waals surface area contributed by atoms with Gasteiger partial charge in [0.1, 0.15) is 0 Å². The van der Waals surface area contributed by atoms with Crippen molar-refractivity contribution in [3.8, 4) is 0 Å². The minimum absolute atomic E-state index is 0.00358. The lowest BCUT2D eigenvalue weighted by atomic mass is 9.85. The van der Waals surface area contributed by atoms with Gasteiger partial charge >= 0.3 is 6.18 Å². The zero-order valence-electron chi connectivity index (χ0n) is 20.9. The number of hydrogen-bond donors (Lipinski definition) is 1. The fourth-order valence-electron chi connectivity index (χ4n) is 5.39. The standard InChI is InChI=1S/C25H27ClF3N7O2/c1-3-30-22(37)15-4-5-17-19(10-15)31-11-18(26)21(17)34-7-6-16(14(2)12-34)23(38)35-8-9-36-20(13-35)32-33-24(36)25(27,28)29/h4-5,10-11,14,16H,3,6-9,12-13H2,1-2H3,(H,30,37)/t14-,16+/m1/s1. The van der Waals surface area contributed by atoms with Crippen LogP contribution in [0.4, 0.5) is 18.9 Å². The number of rotatable bonds is 4. The van der Waals surface area contributed by atoms with Crippen molar-refractivity contribution in [2.24, 2.45) is 11.8 Å². The maximum absolute atomic E-state index is 13.4. The largest absolute Gasteiger partial charge is 0.451 e. The molecule has 2 aliphatic heterocycles. The van der Waals surface area contributed by atoms with E-state index in [0.29, 0.717) is 42.2 Å². The Morgan fingerprint density at radius 1 is 1.18 bits per heavy atom. The molecule has 1 N–H and O–H groups in total. The Morgan fingerprint density at radius 3 is 2.68 bits per heavy atom. The molecule has 3 aromatic rings. The maximum Gasteiger partial charge on any atom is 0.451 e. The molecule has 2 atom stereocenters. The number of aromatic nitrogens is 4. The molecule has 0 unspecified atom stereocenters. The van der Waals surface area contributed by atoms with Crippen molar-refractivity contribution in [3.05, 3.63) is 46.6 Å². The van der Waals surface area contributed by atoms with Crippen molar-refractivity contribution >= 4 is 40.0 Å². The van der Waals surface area contributed by atoms with Crippen LogP contribution in [-0.2, 0) is 24.1 Å². The van der Waals surface area contributed by atoms with Crippen molar-refractivity contribution in [1.82, 2.24) is 30.0 Å². The number of anilines is 1. The predicted octanol–water partition coefficient (Wildman–Crippen LogP) is 3.75. The molecule has 13 heteroatoms. The molecule has 5 rings (SSSR count). The Hall–Kier alpha value is -3.41. The fraction of sp³-hybridized carbons (Fsp3) is 0.480. The summed E-state index contributed by atoms with van der Waals surface area (Å²) in [6.45, 7) is 5.69. The molecular weight excluding hydrogens is 523 g/mol. The van der Waals surface area contributed by atoms with E-state index < -0.39 is 12.0 Å². The Morgan fingerprint density at radius 2 is 1.97 bits per heavy atom. The van der Waals surface area contributed by atoms with Gasteiger partial charge in [-0.2, -0.15) is 13.2 Å². The highest BCUT2D eigenvalue weighted by Gasteiger charge is 2.41. The Kier molecular flexibility index (Phi) is 6.93. The van der Waals surface area contributed by atoms with Crippen molar-refractivity contribution in [3.63, 3.8) is 0 Å². The van der Waals surface area contributed by atoms with Gasteiger partial charge in [0.15, 0.2) is 5.82 Å². The second kappa shape index (κ2) is 10.0. The number of amides is 2. The second-order valence-corrected chi connectivity index (χ2v) is 10.1. The van der Waals surface area contributed by atoms with Crippen LogP contribution in [0.1, 0.15) is 42.3 Å². The van der Waals surface area contributed by atoms with Gasteiger partial charge in [-0.25, -0.2) is 0 Å². The minimum Gasteiger partial charge on any atom is -0.369 e. The Bertz CT molecular complexity index is 1390. The third kappa shape index (κ3) is 4.77. The van der Waals surface area contributed by atoms with Gasteiger partial charge in [0, 0.05) is 55.8 Å². The number of piperidine rings is 1. The van der Waals surface area contributed by atoms with Gasteiger partial charge in [-0.1, -0.05) is 18.5 Å². The fourth-order valence-corrected chi connectivity index (χ4v) is 5.66. The number of halogens is 4. The predicted molar refractivity (Wildman–Crippen MR) is 135 cm³/mol. The van der Waals surface area contributed by atoms with E-state index in [1.807, 2.05) is 19.9 Å². The van der Waals surface area contributed by atoms with Crippen LogP contribution in [-0.4, -0.2) is 62.6 Å². The third-order valence-electron chi connectivity index (χ3n) is 7.25. The average Bonchev–Trinajstić information content (AvgIpc) is 3.32. The van der Waals surface area contributed by atoms with E-state index in [1.54, 1.807) is 23.2 Å². The first-order valence-corrected chi connectivity index (χ1v) is 12.9. The molecule has 202 valence electrons. The Balaban J connectivity index is 1.31. The van der Waals surface area contributed by atoms with E-state index in [0.717, 1.165) is 15.6 Å². The molecule has 0 bridgehead atoms. The average molecular weight is 550 g/mol. The van der Waals surface area contributed by atoms with E-state index in [-0.39, 0.29) is 49.1 Å². The van der Waals surface area contributed by atoms with Crippen molar-refractivity contribution in [2.75, 3.05) is 31.1 Å². The number of hydrogen-bond acceptors (Lipinski definition) is 6. The Labute approximate surface area is 222 Å². The summed E-state index contributed by atoms with van der Waals surface area (Å²) in [7, 11) is 0. The number of carbonyl (C=O) groups is 2. The number of pyridine rings is 1. The van der Waals surface area contributed by atoms with E-state index in [4.69, 9.17) is 11.6 Å². The quantitative estimate of drug-likeness (QED) is 0.532. The number of benzene rings is 1. The van der Waals surface area contributed by atoms with Crippen LogP contribution in [0, 0.1) is 11.8 Å². The molecule has 1 fully saturated rings. The number of nitrogens with zero attached hydrogens (tertiary/aromatic N) is 6. The lowest BCUT2D eigenvalue weighted by Crippen LogP contribution is -2.49. The van der Waals surface area contributed by atoms with Crippen molar-refractivity contribution < 1.29 is 22.8 Å². The molecule has 1 aromatic carbocycles. The first-order valence-electron chi connectivity index (χ1n) is 12.5. The van der Waals surface area contributed by atoms with Gasteiger partial charge in [0.05, 0.1) is 22.8 Å². The van der Waals surface area contributed by atoms with Crippen LogP contribution < -0.4 is 10.2 Å². The van der Waals surface area contributed by atoms with Gasteiger partial charge in [-0.3, -0.25) is 14.6 Å². The van der Waals surface area contributed by atoms with Crippen molar-refractivity contribution in [2.45, 2.75) is 39.5 Å². The zero-order chi connectivity index (χ0) is 27.2. The topological polar surface area (TPSA) is 96.2 Å². The smallest absolute Gasteiger partial charge is 0.369 e. The van der Waals surface area contributed by atoms with Crippen LogP contribution in [0.2, 0.25) is 5.02 Å². The third-order valence-corrected chi connectivity index (χ3v) is 7.53. The van der Waals surface area contributed by atoms with E-state index in [9.17, 15) is 22.8 Å². The van der Waals surface area contributed by atoms with Crippen LogP contribution in [0.5, 0.6) is 0 Å². The number of carbonyl (C=O) groups excluding carboxylic acids is 2. The molecule has 4 heterocycles. The summed E-state index contributed by atoms with van der Waals surface area (Å²) in [5, 5.41) is 11.1.